The van der Waals surface area contributed by atoms with Crippen LogP contribution in [0, 0.1) is 5.92 Å². The predicted octanol–water partition coefficient (Wildman–Crippen LogP) is 2.14. The number of rotatable bonds is 10. The van der Waals surface area contributed by atoms with Crippen molar-refractivity contribution < 1.29 is 9.47 Å². The Kier molecular flexibility index (Phi) is 7.91. The smallest absolute Gasteiger partial charge is 0.158 e. The third-order valence-electron chi connectivity index (χ3n) is 2.69. The summed E-state index contributed by atoms with van der Waals surface area (Å²) in [7, 11) is 3.46. The number of anilines is 2. The second-order valence-electron chi connectivity index (χ2n) is 4.96. The number of hydrogen-bond acceptors (Lipinski definition) is 6. The first-order valence-electron chi connectivity index (χ1n) is 7.02. The fourth-order valence-corrected chi connectivity index (χ4v) is 1.58. The lowest BCUT2D eigenvalue weighted by molar-refractivity contribution is 0.132. The molecule has 0 atom stereocenters. The molecule has 0 amide bonds. The summed E-state index contributed by atoms with van der Waals surface area (Å²) in [5.41, 5.74) is 0. The third kappa shape index (κ3) is 6.68. The van der Waals surface area contributed by atoms with Gasteiger partial charge in [-0.3, -0.25) is 0 Å². The Morgan fingerprint density at radius 2 is 1.95 bits per heavy atom. The standard InChI is InChI=1S/C14H26N4O2/c1-11(2)5-7-20-8-6-16-13-9-12(15-3)17-14(18-13)10-19-4/h9,11H,5-8,10H2,1-4H3,(H2,15,16,17,18). The average Bonchev–Trinajstić information content (AvgIpc) is 2.42. The van der Waals surface area contributed by atoms with Crippen LogP contribution in [0.5, 0.6) is 0 Å². The quantitative estimate of drug-likeness (QED) is 0.641. The van der Waals surface area contributed by atoms with Gasteiger partial charge >= 0.3 is 0 Å². The van der Waals surface area contributed by atoms with Gasteiger partial charge in [0.15, 0.2) is 5.82 Å². The molecule has 0 unspecified atom stereocenters. The second-order valence-corrected chi connectivity index (χ2v) is 4.96. The summed E-state index contributed by atoms with van der Waals surface area (Å²) in [5.74, 6) is 2.89. The highest BCUT2D eigenvalue weighted by molar-refractivity contribution is 5.47. The van der Waals surface area contributed by atoms with E-state index in [4.69, 9.17) is 9.47 Å². The molecule has 1 aromatic heterocycles. The van der Waals surface area contributed by atoms with Crippen LogP contribution in [0.1, 0.15) is 26.1 Å². The molecule has 0 aliphatic carbocycles. The van der Waals surface area contributed by atoms with Crippen LogP contribution in [0.2, 0.25) is 0 Å². The highest BCUT2D eigenvalue weighted by Crippen LogP contribution is 2.11. The zero-order valence-electron chi connectivity index (χ0n) is 12.9. The average molecular weight is 282 g/mol. The minimum Gasteiger partial charge on any atom is -0.380 e. The Labute approximate surface area is 121 Å². The maximum Gasteiger partial charge on any atom is 0.158 e. The van der Waals surface area contributed by atoms with Crippen molar-refractivity contribution in [2.24, 2.45) is 5.92 Å². The third-order valence-corrected chi connectivity index (χ3v) is 2.69. The van der Waals surface area contributed by atoms with Gasteiger partial charge in [-0.25, -0.2) is 9.97 Å². The van der Waals surface area contributed by atoms with E-state index in [0.29, 0.717) is 25.0 Å². The molecule has 114 valence electrons. The van der Waals surface area contributed by atoms with Gasteiger partial charge in [0.25, 0.3) is 0 Å². The maximum atomic E-state index is 5.55. The van der Waals surface area contributed by atoms with Crippen LogP contribution in [-0.2, 0) is 16.1 Å². The molecule has 20 heavy (non-hydrogen) atoms. The first-order valence-corrected chi connectivity index (χ1v) is 7.02. The fourth-order valence-electron chi connectivity index (χ4n) is 1.58. The largest absolute Gasteiger partial charge is 0.380 e. The summed E-state index contributed by atoms with van der Waals surface area (Å²) in [6.07, 6.45) is 1.09. The van der Waals surface area contributed by atoms with E-state index in [1.165, 1.54) is 0 Å². The molecule has 0 bridgehead atoms. The number of hydrogen-bond donors (Lipinski definition) is 2. The van der Waals surface area contributed by atoms with Crippen LogP contribution in [0.15, 0.2) is 6.07 Å². The highest BCUT2D eigenvalue weighted by atomic mass is 16.5. The van der Waals surface area contributed by atoms with E-state index in [1.54, 1.807) is 7.11 Å². The second kappa shape index (κ2) is 9.50. The number of methoxy groups -OCH3 is 1. The molecular formula is C14H26N4O2. The van der Waals surface area contributed by atoms with Gasteiger partial charge in [0, 0.05) is 33.4 Å². The molecule has 0 radical (unpaired) electrons. The van der Waals surface area contributed by atoms with E-state index in [1.807, 2.05) is 13.1 Å². The van der Waals surface area contributed by atoms with E-state index >= 15 is 0 Å². The van der Waals surface area contributed by atoms with Crippen molar-refractivity contribution in [2.45, 2.75) is 26.9 Å². The van der Waals surface area contributed by atoms with Gasteiger partial charge in [0.05, 0.1) is 6.61 Å². The molecule has 1 rings (SSSR count). The SMILES string of the molecule is CNc1cc(NCCOCCC(C)C)nc(COC)n1. The van der Waals surface area contributed by atoms with Crippen LogP contribution < -0.4 is 10.6 Å². The van der Waals surface area contributed by atoms with Gasteiger partial charge in [-0.15, -0.1) is 0 Å². The fraction of sp³-hybridized carbons (Fsp3) is 0.714. The van der Waals surface area contributed by atoms with Crippen LogP contribution in [0.4, 0.5) is 11.6 Å². The number of nitrogens with zero attached hydrogens (tertiary/aromatic N) is 2. The van der Waals surface area contributed by atoms with Crippen molar-refractivity contribution in [1.29, 1.82) is 0 Å². The number of nitrogens with one attached hydrogen (secondary N) is 2. The molecule has 0 aliphatic rings. The lowest BCUT2D eigenvalue weighted by Gasteiger charge is -2.10. The van der Waals surface area contributed by atoms with E-state index in [9.17, 15) is 0 Å². The Balaban J connectivity index is 2.36. The van der Waals surface area contributed by atoms with Gasteiger partial charge in [-0.2, -0.15) is 0 Å². The summed E-state index contributed by atoms with van der Waals surface area (Å²) in [5, 5.41) is 6.25. The minimum atomic E-state index is 0.398. The van der Waals surface area contributed by atoms with Gasteiger partial charge in [0.1, 0.15) is 18.2 Å². The molecule has 0 saturated carbocycles. The van der Waals surface area contributed by atoms with Gasteiger partial charge in [-0.1, -0.05) is 13.8 Å². The van der Waals surface area contributed by atoms with Crippen molar-refractivity contribution >= 4 is 11.6 Å². The predicted molar refractivity (Wildman–Crippen MR) is 81.1 cm³/mol. The zero-order valence-corrected chi connectivity index (χ0v) is 12.9. The molecule has 1 aromatic rings. The minimum absolute atomic E-state index is 0.398. The van der Waals surface area contributed by atoms with Crippen LogP contribution in [0.25, 0.3) is 0 Å². The number of aromatic nitrogens is 2. The summed E-state index contributed by atoms with van der Waals surface area (Å²) >= 11 is 0. The Bertz CT molecular complexity index is 385. The summed E-state index contributed by atoms with van der Waals surface area (Å²) in [6, 6.07) is 1.87. The lowest BCUT2D eigenvalue weighted by Crippen LogP contribution is -2.13. The molecule has 6 heteroatoms. The van der Waals surface area contributed by atoms with E-state index < -0.39 is 0 Å². The first-order chi connectivity index (χ1) is 9.65. The molecule has 0 saturated heterocycles. The zero-order chi connectivity index (χ0) is 14.8. The van der Waals surface area contributed by atoms with Crippen LogP contribution in [-0.4, -0.2) is 43.9 Å². The summed E-state index contributed by atoms with van der Waals surface area (Å²) in [6.45, 7) is 6.99. The van der Waals surface area contributed by atoms with Crippen molar-refractivity contribution in [1.82, 2.24) is 9.97 Å². The van der Waals surface area contributed by atoms with E-state index in [0.717, 1.165) is 31.2 Å². The van der Waals surface area contributed by atoms with Gasteiger partial charge in [-0.05, 0) is 12.3 Å². The lowest BCUT2D eigenvalue weighted by atomic mass is 10.1. The van der Waals surface area contributed by atoms with Crippen molar-refractivity contribution in [3.05, 3.63) is 11.9 Å². The maximum absolute atomic E-state index is 5.55. The summed E-state index contributed by atoms with van der Waals surface area (Å²) < 4.78 is 10.6. The van der Waals surface area contributed by atoms with E-state index in [-0.39, 0.29) is 0 Å². The molecule has 0 spiro atoms. The highest BCUT2D eigenvalue weighted by Gasteiger charge is 2.03. The van der Waals surface area contributed by atoms with Crippen molar-refractivity contribution in [3.63, 3.8) is 0 Å². The van der Waals surface area contributed by atoms with Crippen LogP contribution in [0.3, 0.4) is 0 Å². The Morgan fingerprint density at radius 1 is 1.20 bits per heavy atom. The molecule has 0 aliphatic heterocycles. The Hall–Kier alpha value is -1.40. The van der Waals surface area contributed by atoms with Gasteiger partial charge in [0.2, 0.25) is 0 Å². The Morgan fingerprint density at radius 3 is 2.60 bits per heavy atom. The molecule has 6 nitrogen and oxygen atoms in total. The van der Waals surface area contributed by atoms with Gasteiger partial charge < -0.3 is 20.1 Å². The topological polar surface area (TPSA) is 68.3 Å². The molecular weight excluding hydrogens is 256 g/mol. The number of ether oxygens (including phenoxy) is 2. The van der Waals surface area contributed by atoms with Crippen molar-refractivity contribution in [3.8, 4) is 0 Å². The molecule has 2 N–H and O–H groups in total. The van der Waals surface area contributed by atoms with Crippen LogP contribution >= 0.6 is 0 Å². The molecule has 1 heterocycles. The summed E-state index contributed by atoms with van der Waals surface area (Å²) in [4.78, 5) is 8.67. The molecule has 0 fully saturated rings. The first kappa shape index (κ1) is 16.7. The monoisotopic (exact) mass is 282 g/mol. The van der Waals surface area contributed by atoms with Crippen molar-refractivity contribution in [2.75, 3.05) is 44.5 Å². The van der Waals surface area contributed by atoms with E-state index in [2.05, 4.69) is 34.4 Å². The molecule has 0 aromatic carbocycles. The normalized spacial score (nSPS) is 10.8.